The summed E-state index contributed by atoms with van der Waals surface area (Å²) in [6, 6.07) is 1.93. The summed E-state index contributed by atoms with van der Waals surface area (Å²) in [6.45, 7) is 0.772. The summed E-state index contributed by atoms with van der Waals surface area (Å²) in [7, 11) is 0. The van der Waals surface area contributed by atoms with E-state index in [-0.39, 0.29) is 5.91 Å². The van der Waals surface area contributed by atoms with Crippen molar-refractivity contribution in [2.24, 2.45) is 4.99 Å². The van der Waals surface area contributed by atoms with E-state index < -0.39 is 0 Å². The SMILES string of the molecule is O=C(CCc1nc(-c2ccsc2)no1)NC1=NCCS1. The maximum Gasteiger partial charge on any atom is 0.227 e. The summed E-state index contributed by atoms with van der Waals surface area (Å²) >= 11 is 3.14. The first-order chi connectivity index (χ1) is 9.81. The lowest BCUT2D eigenvalue weighted by atomic mass is 10.3. The second kappa shape index (κ2) is 6.19. The number of aryl methyl sites for hydroxylation is 1. The number of carbonyl (C=O) groups is 1. The van der Waals surface area contributed by atoms with Crippen molar-refractivity contribution in [3.8, 4) is 11.4 Å². The summed E-state index contributed by atoms with van der Waals surface area (Å²) in [5.41, 5.74) is 0.936. The van der Waals surface area contributed by atoms with Crippen molar-refractivity contribution in [3.05, 3.63) is 22.7 Å². The average Bonchev–Trinajstić information content (AvgIpc) is 3.18. The Morgan fingerprint density at radius 2 is 2.45 bits per heavy atom. The predicted molar refractivity (Wildman–Crippen MR) is 78.8 cm³/mol. The number of hydrogen-bond acceptors (Lipinski definition) is 7. The second-order valence-electron chi connectivity index (χ2n) is 4.11. The van der Waals surface area contributed by atoms with Gasteiger partial charge in [-0.25, -0.2) is 0 Å². The van der Waals surface area contributed by atoms with Crippen LogP contribution in [0.2, 0.25) is 0 Å². The standard InChI is InChI=1S/C12H12N4O2S2/c17-9(14-12-13-4-6-20-12)1-2-10-15-11(16-18-10)8-3-5-19-7-8/h3,5,7H,1-2,4,6H2,(H,13,14,17). The largest absolute Gasteiger partial charge is 0.339 e. The van der Waals surface area contributed by atoms with E-state index >= 15 is 0 Å². The number of amides is 1. The Hall–Kier alpha value is -1.67. The fourth-order valence-electron chi connectivity index (χ4n) is 1.68. The van der Waals surface area contributed by atoms with E-state index in [4.69, 9.17) is 4.52 Å². The fraction of sp³-hybridized carbons (Fsp3) is 0.333. The maximum atomic E-state index is 11.7. The molecule has 0 bridgehead atoms. The molecule has 104 valence electrons. The molecule has 0 saturated heterocycles. The summed E-state index contributed by atoms with van der Waals surface area (Å²) in [4.78, 5) is 20.2. The Balaban J connectivity index is 1.52. The molecule has 3 rings (SSSR count). The smallest absolute Gasteiger partial charge is 0.227 e. The van der Waals surface area contributed by atoms with Gasteiger partial charge in [0.25, 0.3) is 0 Å². The molecule has 2 aromatic rings. The molecule has 1 N–H and O–H groups in total. The molecule has 1 aliphatic rings. The van der Waals surface area contributed by atoms with E-state index in [1.165, 1.54) is 0 Å². The molecular formula is C12H12N4O2S2. The lowest BCUT2D eigenvalue weighted by Crippen LogP contribution is -2.27. The number of nitrogens with one attached hydrogen (secondary N) is 1. The molecule has 0 unspecified atom stereocenters. The van der Waals surface area contributed by atoms with Gasteiger partial charge in [-0.2, -0.15) is 16.3 Å². The molecule has 1 amide bonds. The van der Waals surface area contributed by atoms with Crippen LogP contribution in [-0.4, -0.2) is 33.5 Å². The molecule has 3 heterocycles. The molecule has 0 aromatic carbocycles. The number of rotatable bonds is 4. The molecular weight excluding hydrogens is 296 g/mol. The lowest BCUT2D eigenvalue weighted by Gasteiger charge is -2.01. The summed E-state index contributed by atoms with van der Waals surface area (Å²) in [5.74, 6) is 1.90. The number of thiophene rings is 1. The molecule has 20 heavy (non-hydrogen) atoms. The highest BCUT2D eigenvalue weighted by molar-refractivity contribution is 8.14. The molecule has 2 aromatic heterocycles. The monoisotopic (exact) mass is 308 g/mol. The number of thioether (sulfide) groups is 1. The zero-order valence-corrected chi connectivity index (χ0v) is 12.2. The second-order valence-corrected chi connectivity index (χ2v) is 5.97. The first-order valence-corrected chi connectivity index (χ1v) is 8.06. The molecule has 6 nitrogen and oxygen atoms in total. The molecule has 1 aliphatic heterocycles. The van der Waals surface area contributed by atoms with Crippen LogP contribution in [0.1, 0.15) is 12.3 Å². The number of hydrogen-bond donors (Lipinski definition) is 1. The predicted octanol–water partition coefficient (Wildman–Crippen LogP) is 1.95. The lowest BCUT2D eigenvalue weighted by molar-refractivity contribution is -0.119. The number of aliphatic imine (C=N–C) groups is 1. The van der Waals surface area contributed by atoms with Gasteiger partial charge >= 0.3 is 0 Å². The topological polar surface area (TPSA) is 80.4 Å². The van der Waals surface area contributed by atoms with Crippen molar-refractivity contribution in [2.75, 3.05) is 12.3 Å². The van der Waals surface area contributed by atoms with Crippen LogP contribution in [-0.2, 0) is 11.2 Å². The van der Waals surface area contributed by atoms with Crippen LogP contribution < -0.4 is 5.32 Å². The van der Waals surface area contributed by atoms with Crippen molar-refractivity contribution in [3.63, 3.8) is 0 Å². The van der Waals surface area contributed by atoms with Crippen molar-refractivity contribution in [2.45, 2.75) is 12.8 Å². The number of amidine groups is 1. The highest BCUT2D eigenvalue weighted by atomic mass is 32.2. The van der Waals surface area contributed by atoms with Gasteiger partial charge in [0.2, 0.25) is 17.6 Å². The van der Waals surface area contributed by atoms with E-state index in [1.54, 1.807) is 23.1 Å². The van der Waals surface area contributed by atoms with Gasteiger partial charge in [0.05, 0.1) is 6.54 Å². The maximum absolute atomic E-state index is 11.7. The minimum atomic E-state index is -0.0755. The Morgan fingerprint density at radius 3 is 3.20 bits per heavy atom. The van der Waals surface area contributed by atoms with E-state index in [0.717, 1.165) is 17.9 Å². The first-order valence-electron chi connectivity index (χ1n) is 6.13. The molecule has 0 aliphatic carbocycles. The molecule has 0 spiro atoms. The van der Waals surface area contributed by atoms with Crippen molar-refractivity contribution < 1.29 is 9.32 Å². The van der Waals surface area contributed by atoms with Crippen LogP contribution in [0.15, 0.2) is 26.3 Å². The Morgan fingerprint density at radius 1 is 1.50 bits per heavy atom. The molecule has 0 atom stereocenters. The van der Waals surface area contributed by atoms with Gasteiger partial charge < -0.3 is 9.84 Å². The van der Waals surface area contributed by atoms with Crippen LogP contribution in [0.5, 0.6) is 0 Å². The van der Waals surface area contributed by atoms with Crippen LogP contribution >= 0.6 is 23.1 Å². The zero-order valence-electron chi connectivity index (χ0n) is 10.5. The average molecular weight is 308 g/mol. The van der Waals surface area contributed by atoms with Gasteiger partial charge in [-0.05, 0) is 11.4 Å². The van der Waals surface area contributed by atoms with E-state index in [0.29, 0.717) is 29.7 Å². The van der Waals surface area contributed by atoms with Crippen molar-refractivity contribution in [1.29, 1.82) is 0 Å². The highest BCUT2D eigenvalue weighted by Gasteiger charge is 2.13. The third-order valence-electron chi connectivity index (χ3n) is 2.65. The minimum absolute atomic E-state index is 0.0755. The third-order valence-corrected chi connectivity index (χ3v) is 4.22. The normalized spacial score (nSPS) is 14.3. The van der Waals surface area contributed by atoms with Crippen LogP contribution in [0, 0.1) is 0 Å². The van der Waals surface area contributed by atoms with E-state index in [9.17, 15) is 4.79 Å². The third kappa shape index (κ3) is 3.26. The summed E-state index contributed by atoms with van der Waals surface area (Å²) in [6.07, 6.45) is 0.742. The van der Waals surface area contributed by atoms with Gasteiger partial charge in [-0.3, -0.25) is 9.79 Å². The molecule has 0 saturated carbocycles. The van der Waals surface area contributed by atoms with E-state index in [1.807, 2.05) is 16.8 Å². The fourth-order valence-corrected chi connectivity index (χ4v) is 3.06. The van der Waals surface area contributed by atoms with Gasteiger partial charge in [0.1, 0.15) is 0 Å². The van der Waals surface area contributed by atoms with Gasteiger partial charge in [-0.15, -0.1) is 0 Å². The number of carbonyl (C=O) groups excluding carboxylic acids is 1. The van der Waals surface area contributed by atoms with Gasteiger partial charge in [-0.1, -0.05) is 16.9 Å². The Labute approximate surface area is 123 Å². The van der Waals surface area contributed by atoms with Crippen LogP contribution in [0.3, 0.4) is 0 Å². The quantitative estimate of drug-likeness (QED) is 0.933. The van der Waals surface area contributed by atoms with Gasteiger partial charge in [0, 0.05) is 29.5 Å². The summed E-state index contributed by atoms with van der Waals surface area (Å²) in [5, 5.41) is 11.3. The Bertz CT molecular complexity index is 621. The Kier molecular flexibility index (Phi) is 4.12. The first kappa shape index (κ1) is 13.3. The van der Waals surface area contributed by atoms with E-state index in [2.05, 4.69) is 20.4 Å². The van der Waals surface area contributed by atoms with Crippen molar-refractivity contribution >= 4 is 34.2 Å². The van der Waals surface area contributed by atoms with Gasteiger partial charge in [0.15, 0.2) is 5.17 Å². The molecule has 8 heteroatoms. The minimum Gasteiger partial charge on any atom is -0.339 e. The number of nitrogens with zero attached hydrogens (tertiary/aromatic N) is 3. The van der Waals surface area contributed by atoms with Crippen LogP contribution in [0.4, 0.5) is 0 Å². The summed E-state index contributed by atoms with van der Waals surface area (Å²) < 4.78 is 5.14. The zero-order chi connectivity index (χ0) is 13.8. The highest BCUT2D eigenvalue weighted by Crippen LogP contribution is 2.19. The van der Waals surface area contributed by atoms with Crippen molar-refractivity contribution in [1.82, 2.24) is 15.5 Å². The molecule has 0 fully saturated rings. The molecule has 0 radical (unpaired) electrons. The van der Waals surface area contributed by atoms with Crippen LogP contribution in [0.25, 0.3) is 11.4 Å². The number of aromatic nitrogens is 2.